The molecule has 14 heteroatoms. The van der Waals surface area contributed by atoms with Crippen molar-refractivity contribution in [3.63, 3.8) is 0 Å². The molecule has 0 aliphatic carbocycles. The van der Waals surface area contributed by atoms with E-state index in [4.69, 9.17) is 37.3 Å². The molecule has 2 unspecified atom stereocenters. The van der Waals surface area contributed by atoms with Gasteiger partial charge in [-0.1, -0.05) is 182 Å². The number of benzene rings is 9. The Hall–Kier alpha value is -8.34. The van der Waals surface area contributed by atoms with Crippen molar-refractivity contribution in [2.45, 2.75) is 75.0 Å². The average molecular weight is 1240 g/mol. The van der Waals surface area contributed by atoms with E-state index in [9.17, 15) is 0 Å². The lowest BCUT2D eigenvalue weighted by molar-refractivity contribution is -2.00. The molecule has 12 nitrogen and oxygen atoms in total. The van der Waals surface area contributed by atoms with Gasteiger partial charge in [0.25, 0.3) is 0 Å². The third-order valence-electron chi connectivity index (χ3n) is 18.8. The predicted molar refractivity (Wildman–Crippen MR) is 337 cm³/mol. The fraction of sp³-hybridized carbons (Fsp3) is 0.211. The van der Waals surface area contributed by atoms with Gasteiger partial charge in [0.2, 0.25) is 11.4 Å². The molecule has 0 N–H and O–H groups in total. The Labute approximate surface area is 531 Å². The number of para-hydroxylation sites is 2. The maximum absolute atomic E-state index is 8.49. The largest absolute Gasteiger partial charge is 0.347 e. The van der Waals surface area contributed by atoms with Gasteiger partial charge >= 0.3 is 0 Å². The van der Waals surface area contributed by atoms with Crippen LogP contribution in [0.3, 0.4) is 0 Å². The second kappa shape index (κ2) is 24.8. The van der Waals surface area contributed by atoms with Crippen LogP contribution in [0.1, 0.15) is 72.2 Å². The molecule has 0 aromatic heterocycles. The number of nitrogens with zero attached hydrogens (tertiary/aromatic N) is 4. The van der Waals surface area contributed by atoms with E-state index in [1.165, 1.54) is 112 Å². The molecule has 0 saturated carbocycles. The van der Waals surface area contributed by atoms with E-state index in [1.54, 1.807) is 0 Å². The van der Waals surface area contributed by atoms with Gasteiger partial charge in [-0.05, 0) is 145 Å². The maximum Gasteiger partial charge on any atom is 0.210 e. The molecule has 4 aliphatic rings. The van der Waals surface area contributed by atoms with E-state index in [0.717, 1.165) is 25.7 Å². The predicted octanol–water partition coefficient (Wildman–Crippen LogP) is 7.12. The highest BCUT2D eigenvalue weighted by atomic mass is 35.7. The lowest BCUT2D eigenvalue weighted by Gasteiger charge is -2.34. The van der Waals surface area contributed by atoms with Crippen LogP contribution in [0.15, 0.2) is 254 Å². The Kier molecular flexibility index (Phi) is 17.4. The molecule has 90 heavy (non-hydrogen) atoms. The van der Waals surface area contributed by atoms with Crippen LogP contribution in [0.25, 0.3) is 21.5 Å². The number of allylic oxidation sites excluding steroid dienone is 8. The van der Waals surface area contributed by atoms with Crippen molar-refractivity contribution in [2.24, 2.45) is 0 Å². The van der Waals surface area contributed by atoms with Gasteiger partial charge in [-0.15, -0.1) is 20.5 Å². The minimum absolute atomic E-state index is 0.178. The van der Waals surface area contributed by atoms with Gasteiger partial charge in [-0.25, -0.2) is 37.3 Å². The highest BCUT2D eigenvalue weighted by Gasteiger charge is 2.49. The summed E-state index contributed by atoms with van der Waals surface area (Å²) in [6.07, 6.45) is 17.7. The van der Waals surface area contributed by atoms with E-state index < -0.39 is 20.5 Å². The molecule has 9 aromatic rings. The van der Waals surface area contributed by atoms with Crippen molar-refractivity contribution < 1.29 is 66.9 Å². The average Bonchev–Trinajstić information content (AvgIpc) is 1.60. The molecule has 0 spiro atoms. The standard InChI is InChI=1S/C76H72N4.2ClHO4/c1-73(2)67(79(7)65-47-45-57-29-15-17-31-59(57)71(65)73)37-23-39-69-75(49-53-25-11-9-12-26-53,61-33-19-21-35-63(61)77(69)5)51-55-41-43-56(44-42-55)52-76(50-54-27-13-10-14-28-54)62-34-20-22-36-64(62)78(6)70(76)40-24-38-68-74(3,4)72-60-32-18-16-30-58(60)46-48-66(72)80(68)8;2*2-1(3,4)5/h9-48H,49-52H2,1-8H3;2*(H,2,3,4,5)/q+2;;/p-2. The summed E-state index contributed by atoms with van der Waals surface area (Å²) >= 11 is 0. The third-order valence-corrected chi connectivity index (χ3v) is 18.8. The first-order valence-corrected chi connectivity index (χ1v) is 32.4. The lowest BCUT2D eigenvalue weighted by atomic mass is 9.69. The van der Waals surface area contributed by atoms with Gasteiger partial charge in [0, 0.05) is 83.1 Å². The zero-order valence-corrected chi connectivity index (χ0v) is 53.2. The summed E-state index contributed by atoms with van der Waals surface area (Å²) < 4.78 is 72.7. The van der Waals surface area contributed by atoms with Crippen LogP contribution in [0.5, 0.6) is 0 Å². The second-order valence-corrected chi connectivity index (χ2v) is 26.4. The van der Waals surface area contributed by atoms with E-state index in [0.29, 0.717) is 0 Å². The molecule has 13 rings (SSSR count). The van der Waals surface area contributed by atoms with Gasteiger partial charge in [0.05, 0.1) is 10.8 Å². The topological polar surface area (TPSA) is 197 Å². The summed E-state index contributed by atoms with van der Waals surface area (Å²) in [6.45, 7) is 9.53. The summed E-state index contributed by atoms with van der Waals surface area (Å²) in [5, 5.41) is 5.23. The third kappa shape index (κ3) is 12.4. The highest BCUT2D eigenvalue weighted by molar-refractivity contribution is 6.09. The maximum atomic E-state index is 8.49. The van der Waals surface area contributed by atoms with Crippen molar-refractivity contribution in [2.75, 3.05) is 38.0 Å². The number of likely N-dealkylation sites (N-methyl/N-ethyl adjacent to an activating group) is 2. The summed E-state index contributed by atoms with van der Waals surface area (Å²) in [5.74, 6) is 0. The van der Waals surface area contributed by atoms with E-state index in [2.05, 4.69) is 318 Å². The van der Waals surface area contributed by atoms with Gasteiger partial charge in [-0.2, -0.15) is 9.15 Å². The minimum Gasteiger partial charge on any atom is -0.347 e. The van der Waals surface area contributed by atoms with Crippen molar-refractivity contribution in [1.82, 2.24) is 0 Å². The van der Waals surface area contributed by atoms with Crippen molar-refractivity contribution in [1.29, 1.82) is 0 Å². The molecule has 0 amide bonds. The van der Waals surface area contributed by atoms with Crippen LogP contribution in [0.2, 0.25) is 0 Å². The van der Waals surface area contributed by atoms with E-state index in [1.807, 2.05) is 0 Å². The molecule has 0 fully saturated rings. The van der Waals surface area contributed by atoms with E-state index in [-0.39, 0.29) is 21.7 Å². The second-order valence-electron chi connectivity index (χ2n) is 24.9. The summed E-state index contributed by atoms with van der Waals surface area (Å²) in [6, 6.07) is 77.0. The number of hydrogen-bond donors (Lipinski definition) is 0. The van der Waals surface area contributed by atoms with Gasteiger partial charge in [0.1, 0.15) is 14.1 Å². The molecule has 458 valence electrons. The molecule has 2 atom stereocenters. The summed E-state index contributed by atoms with van der Waals surface area (Å²) in [7, 11) is -0.893. The van der Waals surface area contributed by atoms with Gasteiger partial charge < -0.3 is 9.80 Å². The first-order valence-electron chi connectivity index (χ1n) is 29.9. The first-order chi connectivity index (χ1) is 42.8. The normalized spacial score (nSPS) is 19.8. The zero-order chi connectivity index (χ0) is 64.0. The van der Waals surface area contributed by atoms with E-state index >= 15 is 0 Å². The quantitative estimate of drug-likeness (QED) is 0.114. The summed E-state index contributed by atoms with van der Waals surface area (Å²) in [5.41, 5.74) is 20.1. The Balaban J connectivity index is 0.000000775. The number of fused-ring (bicyclic) bond motifs is 8. The van der Waals surface area contributed by atoms with Crippen LogP contribution in [-0.4, -0.2) is 48.8 Å². The van der Waals surface area contributed by atoms with Crippen LogP contribution in [-0.2, 0) is 47.3 Å². The Morgan fingerprint density at radius 2 is 0.678 bits per heavy atom. The molecular weight excluding hydrogens is 1170 g/mol. The molecule has 0 bridgehead atoms. The molecular formula is C76H72Cl2N4O8. The van der Waals surface area contributed by atoms with Crippen LogP contribution < -0.4 is 47.1 Å². The Morgan fingerprint density at radius 3 is 1.03 bits per heavy atom. The number of rotatable bonds is 12. The summed E-state index contributed by atoms with van der Waals surface area (Å²) in [4.78, 5) is 4.92. The lowest BCUT2D eigenvalue weighted by Crippen LogP contribution is -2.68. The molecule has 0 saturated heterocycles. The fourth-order valence-electron chi connectivity index (χ4n) is 15.1. The SMILES string of the molecule is CN1C(=CC=CC2=[N+](C)c3ccc4ccccc4c3C2(C)C)C(Cc2ccccc2)(Cc2ccc(CC3(Cc4ccccc4)C(=CC=CC4=[N+](C)c5ccc6ccccc6c5C4(C)C)N(C)c4ccccc43)cc2)c2ccccc21.[O-][Cl+3]([O-])([O-])[O-].[O-][Cl+3]([O-])([O-])[O-]. The van der Waals surface area contributed by atoms with Gasteiger partial charge in [0.15, 0.2) is 11.4 Å². The number of halogens is 2. The van der Waals surface area contributed by atoms with Crippen LogP contribution in [0.4, 0.5) is 22.7 Å². The first kappa shape index (κ1) is 63.2. The highest BCUT2D eigenvalue weighted by Crippen LogP contribution is 2.54. The van der Waals surface area contributed by atoms with Crippen LogP contribution >= 0.6 is 0 Å². The molecule has 9 aromatic carbocycles. The van der Waals surface area contributed by atoms with Crippen molar-refractivity contribution >= 4 is 55.7 Å². The minimum atomic E-state index is -4.94. The number of hydrogen-bond acceptors (Lipinski definition) is 10. The van der Waals surface area contributed by atoms with Crippen molar-refractivity contribution in [3.8, 4) is 0 Å². The van der Waals surface area contributed by atoms with Crippen molar-refractivity contribution in [3.05, 3.63) is 299 Å². The Bertz CT molecular complexity index is 4080. The molecule has 0 radical (unpaired) electrons. The van der Waals surface area contributed by atoms with Crippen LogP contribution in [0, 0.1) is 20.5 Å². The smallest absolute Gasteiger partial charge is 0.210 e. The Morgan fingerprint density at radius 1 is 0.378 bits per heavy atom. The fourth-order valence-corrected chi connectivity index (χ4v) is 15.1. The van der Waals surface area contributed by atoms with Gasteiger partial charge in [-0.3, -0.25) is 0 Å². The number of anilines is 2. The molecule has 4 aliphatic heterocycles. The zero-order valence-electron chi connectivity index (χ0n) is 51.7. The molecule has 4 heterocycles. The monoisotopic (exact) mass is 1240 g/mol.